The number of nitrogens with two attached hydrogens (primary N) is 1. The number of rotatable bonds is 2. The number of nitro groups is 1. The lowest BCUT2D eigenvalue weighted by Gasteiger charge is -2.04. The summed E-state index contributed by atoms with van der Waals surface area (Å²) in [6.07, 6.45) is 0. The van der Waals surface area contributed by atoms with Crippen molar-refractivity contribution >= 4 is 11.5 Å². The van der Waals surface area contributed by atoms with Crippen molar-refractivity contribution in [2.75, 3.05) is 5.73 Å². The Balaban J connectivity index is 3.13. The van der Waals surface area contributed by atoms with Gasteiger partial charge in [-0.05, 0) is 12.0 Å². The Bertz CT molecular complexity index is 336. The molecule has 1 aromatic rings. The quantitative estimate of drug-likeness (QED) is 0.556. The fourth-order valence-electron chi connectivity index (χ4n) is 0.959. The summed E-state index contributed by atoms with van der Waals surface area (Å²) in [5.74, 6) is 0.208. The van der Waals surface area contributed by atoms with Gasteiger partial charge in [-0.2, -0.15) is 0 Å². The highest BCUT2D eigenvalue weighted by Crippen LogP contribution is 2.21. The second-order valence-corrected chi connectivity index (χ2v) is 3.05. The molecule has 0 aromatic carbocycles. The summed E-state index contributed by atoms with van der Waals surface area (Å²) in [7, 11) is 0. The van der Waals surface area contributed by atoms with Crippen LogP contribution in [0.1, 0.15) is 25.5 Å². The highest BCUT2D eigenvalue weighted by atomic mass is 16.6. The van der Waals surface area contributed by atoms with Gasteiger partial charge in [0.1, 0.15) is 0 Å². The molecule has 1 aromatic heterocycles. The Morgan fingerprint density at radius 2 is 2.15 bits per heavy atom. The molecule has 0 atom stereocenters. The average Bonchev–Trinajstić information content (AvgIpc) is 2.03. The van der Waals surface area contributed by atoms with Crippen molar-refractivity contribution in [2.24, 2.45) is 0 Å². The van der Waals surface area contributed by atoms with Crippen LogP contribution in [0.5, 0.6) is 0 Å². The molecule has 0 saturated carbocycles. The minimum absolute atomic E-state index is 0.0174. The zero-order valence-corrected chi connectivity index (χ0v) is 7.52. The number of hydrogen-bond donors (Lipinski definition) is 1. The van der Waals surface area contributed by atoms with E-state index in [0.29, 0.717) is 0 Å². The lowest BCUT2D eigenvalue weighted by atomic mass is 10.1. The fraction of sp³-hybridized carbons (Fsp3) is 0.375. The van der Waals surface area contributed by atoms with Crippen LogP contribution in [0, 0.1) is 10.1 Å². The van der Waals surface area contributed by atoms with Crippen molar-refractivity contribution in [1.29, 1.82) is 0 Å². The molecule has 13 heavy (non-hydrogen) atoms. The summed E-state index contributed by atoms with van der Waals surface area (Å²) in [6.45, 7) is 3.90. The first-order valence-electron chi connectivity index (χ1n) is 3.93. The standard InChI is InChI=1S/C8H11N3O2/c1-5(2)6-3-4-7(11(12)13)8(9)10-6/h3-5H,1-2H3,(H2,9,10). The molecule has 0 radical (unpaired) electrons. The van der Waals surface area contributed by atoms with E-state index in [1.165, 1.54) is 6.07 Å². The smallest absolute Gasteiger partial charge is 0.311 e. The first kappa shape index (κ1) is 9.44. The molecule has 0 saturated heterocycles. The van der Waals surface area contributed by atoms with Crippen LogP contribution >= 0.6 is 0 Å². The molecule has 0 amide bonds. The van der Waals surface area contributed by atoms with E-state index in [-0.39, 0.29) is 17.4 Å². The summed E-state index contributed by atoms with van der Waals surface area (Å²) in [5, 5.41) is 10.4. The number of pyridine rings is 1. The third-order valence-electron chi connectivity index (χ3n) is 1.71. The van der Waals surface area contributed by atoms with Gasteiger partial charge >= 0.3 is 5.69 Å². The number of anilines is 1. The normalized spacial score (nSPS) is 10.4. The second kappa shape index (κ2) is 3.38. The average molecular weight is 181 g/mol. The molecule has 1 heterocycles. The van der Waals surface area contributed by atoms with Gasteiger partial charge in [0.05, 0.1) is 4.92 Å². The summed E-state index contributed by atoms with van der Waals surface area (Å²) < 4.78 is 0. The van der Waals surface area contributed by atoms with Crippen LogP contribution in [-0.4, -0.2) is 9.91 Å². The Morgan fingerprint density at radius 3 is 2.54 bits per heavy atom. The number of nitrogen functional groups attached to an aromatic ring is 1. The molecule has 1 rings (SSSR count). The van der Waals surface area contributed by atoms with Crippen LogP contribution in [0.4, 0.5) is 11.5 Å². The van der Waals surface area contributed by atoms with Gasteiger partial charge in [-0.15, -0.1) is 0 Å². The van der Waals surface area contributed by atoms with Crippen molar-refractivity contribution in [3.63, 3.8) is 0 Å². The summed E-state index contributed by atoms with van der Waals surface area (Å²) >= 11 is 0. The van der Waals surface area contributed by atoms with Gasteiger partial charge in [-0.1, -0.05) is 13.8 Å². The number of hydrogen-bond acceptors (Lipinski definition) is 4. The molecule has 0 aliphatic rings. The fourth-order valence-corrected chi connectivity index (χ4v) is 0.959. The van der Waals surface area contributed by atoms with Crippen LogP contribution in [0.2, 0.25) is 0 Å². The summed E-state index contributed by atoms with van der Waals surface area (Å²) in [4.78, 5) is 13.8. The van der Waals surface area contributed by atoms with Crippen LogP contribution < -0.4 is 5.73 Å². The zero-order valence-electron chi connectivity index (χ0n) is 7.52. The summed E-state index contributed by atoms with van der Waals surface area (Å²) in [6, 6.07) is 3.01. The van der Waals surface area contributed by atoms with Crippen molar-refractivity contribution in [2.45, 2.75) is 19.8 Å². The highest BCUT2D eigenvalue weighted by molar-refractivity contribution is 5.52. The van der Waals surface area contributed by atoms with Gasteiger partial charge < -0.3 is 5.73 Å². The molecule has 0 spiro atoms. The van der Waals surface area contributed by atoms with E-state index in [0.717, 1.165) is 5.69 Å². The van der Waals surface area contributed by atoms with E-state index >= 15 is 0 Å². The van der Waals surface area contributed by atoms with Crippen molar-refractivity contribution in [1.82, 2.24) is 4.98 Å². The van der Waals surface area contributed by atoms with Gasteiger partial charge in [0.2, 0.25) is 5.82 Å². The van der Waals surface area contributed by atoms with Crippen LogP contribution in [0.15, 0.2) is 12.1 Å². The first-order valence-corrected chi connectivity index (χ1v) is 3.93. The minimum atomic E-state index is -0.535. The number of nitrogens with zero attached hydrogens (tertiary/aromatic N) is 2. The van der Waals surface area contributed by atoms with Gasteiger partial charge in [0.25, 0.3) is 0 Å². The molecular weight excluding hydrogens is 170 g/mol. The molecule has 5 nitrogen and oxygen atoms in total. The van der Waals surface area contributed by atoms with E-state index in [1.54, 1.807) is 6.07 Å². The number of aromatic nitrogens is 1. The molecule has 0 aliphatic heterocycles. The molecule has 0 aliphatic carbocycles. The highest BCUT2D eigenvalue weighted by Gasteiger charge is 2.13. The Labute approximate surface area is 75.7 Å². The molecule has 70 valence electrons. The van der Waals surface area contributed by atoms with E-state index in [1.807, 2.05) is 13.8 Å². The minimum Gasteiger partial charge on any atom is -0.378 e. The molecular formula is C8H11N3O2. The Morgan fingerprint density at radius 1 is 1.54 bits per heavy atom. The van der Waals surface area contributed by atoms with Crippen LogP contribution in [0.3, 0.4) is 0 Å². The predicted octanol–water partition coefficient (Wildman–Crippen LogP) is 1.70. The monoisotopic (exact) mass is 181 g/mol. The molecule has 0 fully saturated rings. The summed E-state index contributed by atoms with van der Waals surface area (Å²) in [5.41, 5.74) is 6.04. The van der Waals surface area contributed by atoms with E-state index in [9.17, 15) is 10.1 Å². The SMILES string of the molecule is CC(C)c1ccc([N+](=O)[O-])c(N)n1. The van der Waals surface area contributed by atoms with E-state index in [2.05, 4.69) is 4.98 Å². The van der Waals surface area contributed by atoms with E-state index in [4.69, 9.17) is 5.73 Å². The predicted molar refractivity (Wildman–Crippen MR) is 49.4 cm³/mol. The van der Waals surface area contributed by atoms with Crippen molar-refractivity contribution in [3.05, 3.63) is 27.9 Å². The third kappa shape index (κ3) is 1.93. The first-order chi connectivity index (χ1) is 6.02. The second-order valence-electron chi connectivity index (χ2n) is 3.05. The largest absolute Gasteiger partial charge is 0.378 e. The molecule has 5 heteroatoms. The maximum Gasteiger partial charge on any atom is 0.311 e. The zero-order chi connectivity index (χ0) is 10.0. The van der Waals surface area contributed by atoms with Gasteiger partial charge in [-0.25, -0.2) is 4.98 Å². The van der Waals surface area contributed by atoms with Gasteiger partial charge in [0.15, 0.2) is 0 Å². The van der Waals surface area contributed by atoms with Crippen LogP contribution in [0.25, 0.3) is 0 Å². The van der Waals surface area contributed by atoms with Crippen LogP contribution in [-0.2, 0) is 0 Å². The topological polar surface area (TPSA) is 82.0 Å². The van der Waals surface area contributed by atoms with Crippen molar-refractivity contribution < 1.29 is 4.92 Å². The molecule has 2 N–H and O–H groups in total. The lowest BCUT2D eigenvalue weighted by molar-refractivity contribution is -0.384. The molecule has 0 bridgehead atoms. The lowest BCUT2D eigenvalue weighted by Crippen LogP contribution is -2.01. The molecule has 0 unspecified atom stereocenters. The Kier molecular flexibility index (Phi) is 2.46. The third-order valence-corrected chi connectivity index (χ3v) is 1.71. The maximum absolute atomic E-state index is 10.4. The Hall–Kier alpha value is -1.65. The van der Waals surface area contributed by atoms with Gasteiger partial charge in [0, 0.05) is 11.8 Å². The maximum atomic E-state index is 10.4. The van der Waals surface area contributed by atoms with Crippen molar-refractivity contribution in [3.8, 4) is 0 Å². The van der Waals surface area contributed by atoms with Gasteiger partial charge in [-0.3, -0.25) is 10.1 Å². The van der Waals surface area contributed by atoms with E-state index < -0.39 is 4.92 Å².